The molecule has 6 nitrogen and oxygen atoms in total. The minimum atomic E-state index is -0.954. The molecule has 1 aromatic carbocycles. The van der Waals surface area contributed by atoms with Gasteiger partial charge in [0.15, 0.2) is 11.9 Å². The average molecular weight is 343 g/mol. The number of carbonyl (C=O) groups excluding carboxylic acids is 3. The molecule has 6 heteroatoms. The molecule has 0 spiro atoms. The Hall–Kier alpha value is -2.89. The molecule has 0 saturated heterocycles. The Morgan fingerprint density at radius 1 is 1.08 bits per heavy atom. The third-order valence-electron chi connectivity index (χ3n) is 4.02. The summed E-state index contributed by atoms with van der Waals surface area (Å²) in [5.41, 5.74) is 2.22. The third kappa shape index (κ3) is 3.79. The number of aromatic nitrogens is 1. The van der Waals surface area contributed by atoms with Crippen molar-refractivity contribution in [2.24, 2.45) is 0 Å². The fourth-order valence-corrected chi connectivity index (χ4v) is 2.75. The zero-order valence-corrected chi connectivity index (χ0v) is 14.9. The molecule has 0 bridgehead atoms. The van der Waals surface area contributed by atoms with Crippen molar-refractivity contribution in [2.75, 3.05) is 7.11 Å². The van der Waals surface area contributed by atoms with Crippen LogP contribution in [0.4, 0.5) is 0 Å². The second-order valence-corrected chi connectivity index (χ2v) is 5.82. The van der Waals surface area contributed by atoms with Gasteiger partial charge in [-0.3, -0.25) is 9.59 Å². The second-order valence-electron chi connectivity index (χ2n) is 5.82. The molecule has 1 heterocycles. The lowest BCUT2D eigenvalue weighted by Crippen LogP contribution is -2.25. The fourth-order valence-electron chi connectivity index (χ4n) is 2.75. The minimum Gasteiger partial charge on any atom is -0.497 e. The molecule has 0 aliphatic rings. The van der Waals surface area contributed by atoms with Crippen LogP contribution in [-0.4, -0.2) is 35.7 Å². The predicted molar refractivity (Wildman–Crippen MR) is 92.5 cm³/mol. The van der Waals surface area contributed by atoms with Crippen molar-refractivity contribution in [3.8, 4) is 5.75 Å². The van der Waals surface area contributed by atoms with Crippen LogP contribution in [0.5, 0.6) is 5.75 Å². The van der Waals surface area contributed by atoms with Crippen molar-refractivity contribution in [1.29, 1.82) is 0 Å². The summed E-state index contributed by atoms with van der Waals surface area (Å²) in [5.74, 6) is -0.478. The van der Waals surface area contributed by atoms with Crippen molar-refractivity contribution in [3.05, 3.63) is 52.3 Å². The number of benzene rings is 1. The van der Waals surface area contributed by atoms with Gasteiger partial charge < -0.3 is 14.5 Å². The molecular weight excluding hydrogens is 322 g/mol. The standard InChI is InChI=1S/C19H21NO5/c1-10-16(12(3)21)11(2)20-17(10)19(23)25-13(4)18(22)14-6-8-15(24-5)9-7-14/h6-9,13,20H,1-5H3/t13-/m1/s1. The van der Waals surface area contributed by atoms with E-state index in [1.165, 1.54) is 21.0 Å². The number of methoxy groups -OCH3 is 1. The Morgan fingerprint density at radius 2 is 1.68 bits per heavy atom. The van der Waals surface area contributed by atoms with Crippen LogP contribution in [0.3, 0.4) is 0 Å². The second kappa shape index (κ2) is 7.34. The van der Waals surface area contributed by atoms with Crippen LogP contribution in [0.25, 0.3) is 0 Å². The van der Waals surface area contributed by atoms with E-state index in [1.54, 1.807) is 38.1 Å². The fraction of sp³-hybridized carbons (Fsp3) is 0.316. The summed E-state index contributed by atoms with van der Waals surface area (Å²) in [6.07, 6.45) is -0.954. The first-order valence-corrected chi connectivity index (χ1v) is 7.85. The molecule has 25 heavy (non-hydrogen) atoms. The highest BCUT2D eigenvalue weighted by Crippen LogP contribution is 2.20. The number of esters is 1. The Labute approximate surface area is 146 Å². The van der Waals surface area contributed by atoms with Gasteiger partial charge in [0.2, 0.25) is 5.78 Å². The number of hydrogen-bond acceptors (Lipinski definition) is 5. The van der Waals surface area contributed by atoms with Gasteiger partial charge in [0, 0.05) is 16.8 Å². The van der Waals surface area contributed by atoms with Crippen LogP contribution in [0.1, 0.15) is 56.3 Å². The average Bonchev–Trinajstić information content (AvgIpc) is 2.88. The molecule has 132 valence electrons. The smallest absolute Gasteiger partial charge is 0.355 e. The summed E-state index contributed by atoms with van der Waals surface area (Å²) in [5, 5.41) is 0. The van der Waals surface area contributed by atoms with Gasteiger partial charge in [-0.25, -0.2) is 4.79 Å². The van der Waals surface area contributed by atoms with Gasteiger partial charge in [-0.15, -0.1) is 0 Å². The Morgan fingerprint density at radius 3 is 2.16 bits per heavy atom. The largest absolute Gasteiger partial charge is 0.497 e. The number of ketones is 2. The van der Waals surface area contributed by atoms with E-state index in [9.17, 15) is 14.4 Å². The molecule has 1 atom stereocenters. The highest BCUT2D eigenvalue weighted by molar-refractivity contribution is 6.03. The molecule has 0 saturated carbocycles. The number of rotatable bonds is 6. The minimum absolute atomic E-state index is 0.132. The van der Waals surface area contributed by atoms with Gasteiger partial charge in [0.05, 0.1) is 7.11 Å². The van der Waals surface area contributed by atoms with E-state index < -0.39 is 12.1 Å². The van der Waals surface area contributed by atoms with Crippen LogP contribution in [0.15, 0.2) is 24.3 Å². The highest BCUT2D eigenvalue weighted by Gasteiger charge is 2.25. The number of ether oxygens (including phenoxy) is 2. The number of Topliss-reactive ketones (excluding diaryl/α,β-unsaturated/α-hetero) is 2. The van der Waals surface area contributed by atoms with Gasteiger partial charge in [-0.1, -0.05) is 0 Å². The lowest BCUT2D eigenvalue weighted by molar-refractivity contribution is 0.0313. The van der Waals surface area contributed by atoms with Crippen molar-refractivity contribution in [1.82, 2.24) is 4.98 Å². The van der Waals surface area contributed by atoms with E-state index in [0.717, 1.165) is 0 Å². The summed E-state index contributed by atoms with van der Waals surface area (Å²) in [7, 11) is 1.54. The van der Waals surface area contributed by atoms with Gasteiger partial charge in [0.1, 0.15) is 11.4 Å². The molecular formula is C19H21NO5. The normalized spacial score (nSPS) is 11.7. The number of nitrogens with one attached hydrogen (secondary N) is 1. The van der Waals surface area contributed by atoms with E-state index in [2.05, 4.69) is 4.98 Å². The van der Waals surface area contributed by atoms with Crippen molar-refractivity contribution >= 4 is 17.5 Å². The number of H-pyrrole nitrogens is 1. The quantitative estimate of drug-likeness (QED) is 0.643. The molecule has 0 amide bonds. The van der Waals surface area contributed by atoms with Gasteiger partial charge in [0.25, 0.3) is 0 Å². The Balaban J connectivity index is 2.15. The first-order valence-electron chi connectivity index (χ1n) is 7.85. The van der Waals surface area contributed by atoms with Crippen molar-refractivity contribution in [3.63, 3.8) is 0 Å². The van der Waals surface area contributed by atoms with Gasteiger partial charge >= 0.3 is 5.97 Å². The van der Waals surface area contributed by atoms with Crippen molar-refractivity contribution < 1.29 is 23.9 Å². The van der Waals surface area contributed by atoms with Gasteiger partial charge in [-0.2, -0.15) is 0 Å². The topological polar surface area (TPSA) is 85.5 Å². The Kier molecular flexibility index (Phi) is 5.41. The lowest BCUT2D eigenvalue weighted by atomic mass is 10.1. The van der Waals surface area contributed by atoms with E-state index >= 15 is 0 Å². The van der Waals surface area contributed by atoms with Crippen LogP contribution in [0, 0.1) is 13.8 Å². The van der Waals surface area contributed by atoms with Crippen molar-refractivity contribution in [2.45, 2.75) is 33.8 Å². The number of hydrogen-bond donors (Lipinski definition) is 1. The first-order chi connectivity index (χ1) is 11.8. The zero-order valence-electron chi connectivity index (χ0n) is 14.9. The molecule has 1 N–H and O–H groups in total. The molecule has 0 aliphatic heterocycles. The maximum atomic E-state index is 12.4. The zero-order chi connectivity index (χ0) is 18.7. The monoisotopic (exact) mass is 343 g/mol. The lowest BCUT2D eigenvalue weighted by Gasteiger charge is -2.12. The van der Waals surface area contributed by atoms with E-state index in [-0.39, 0.29) is 17.3 Å². The van der Waals surface area contributed by atoms with Crippen LogP contribution < -0.4 is 4.74 Å². The summed E-state index contributed by atoms with van der Waals surface area (Å²) in [6, 6.07) is 6.56. The molecule has 1 aromatic heterocycles. The number of carbonyl (C=O) groups is 3. The van der Waals surface area contributed by atoms with Crippen LogP contribution in [0.2, 0.25) is 0 Å². The van der Waals surface area contributed by atoms with E-state index in [0.29, 0.717) is 28.1 Å². The van der Waals surface area contributed by atoms with E-state index in [1.807, 2.05) is 0 Å². The van der Waals surface area contributed by atoms with E-state index in [4.69, 9.17) is 9.47 Å². The first kappa shape index (κ1) is 18.4. The molecule has 0 unspecified atom stereocenters. The van der Waals surface area contributed by atoms with Crippen LogP contribution >= 0.6 is 0 Å². The highest BCUT2D eigenvalue weighted by atomic mass is 16.5. The maximum Gasteiger partial charge on any atom is 0.355 e. The summed E-state index contributed by atoms with van der Waals surface area (Å²) in [4.78, 5) is 39.3. The third-order valence-corrected chi connectivity index (χ3v) is 4.02. The van der Waals surface area contributed by atoms with Gasteiger partial charge in [-0.05, 0) is 57.5 Å². The Bertz CT molecular complexity index is 817. The molecule has 0 radical (unpaired) electrons. The molecule has 2 aromatic rings. The summed E-state index contributed by atoms with van der Waals surface area (Å²) >= 11 is 0. The summed E-state index contributed by atoms with van der Waals surface area (Å²) in [6.45, 7) is 6.34. The SMILES string of the molecule is COc1ccc(C(=O)[C@@H](C)OC(=O)c2[nH]c(C)c(C(C)=O)c2C)cc1. The maximum absolute atomic E-state index is 12.4. The number of aryl methyl sites for hydroxylation is 1. The predicted octanol–water partition coefficient (Wildman–Crippen LogP) is 3.27. The number of aromatic amines is 1. The molecule has 2 rings (SSSR count). The van der Waals surface area contributed by atoms with Crippen LogP contribution in [-0.2, 0) is 4.74 Å². The molecule has 0 aliphatic carbocycles. The summed E-state index contributed by atoms with van der Waals surface area (Å²) < 4.78 is 10.3. The molecule has 0 fully saturated rings.